The van der Waals surface area contributed by atoms with Crippen molar-refractivity contribution in [2.24, 2.45) is 0 Å². The van der Waals surface area contributed by atoms with Gasteiger partial charge in [-0.25, -0.2) is 8.78 Å². The molecule has 0 saturated heterocycles. The van der Waals surface area contributed by atoms with E-state index in [4.69, 9.17) is 0 Å². The molecule has 0 nitrogen and oxygen atoms in total. The highest BCUT2D eigenvalue weighted by molar-refractivity contribution is 5.19. The molecule has 0 atom stereocenters. The van der Waals surface area contributed by atoms with Gasteiger partial charge in [0.1, 0.15) is 0 Å². The van der Waals surface area contributed by atoms with Gasteiger partial charge in [-0.15, -0.1) is 0 Å². The monoisotopic (exact) mass is 653 g/mol. The lowest BCUT2D eigenvalue weighted by molar-refractivity contribution is -0.603. The van der Waals surface area contributed by atoms with Gasteiger partial charge >= 0.3 is 21.2 Å². The normalized spacial score (nSPS) is 11.4. The van der Waals surface area contributed by atoms with Crippen LogP contribution in [0.1, 0.15) is 153 Å². The molecule has 220 valence electrons. The van der Waals surface area contributed by atoms with Gasteiger partial charge in [0.25, 0.3) is 0 Å². The maximum atomic E-state index is 15.3. The van der Waals surface area contributed by atoms with Gasteiger partial charge in [-0.05, 0) is 48.9 Å². The van der Waals surface area contributed by atoms with Crippen molar-refractivity contribution in [1.82, 2.24) is 0 Å². The van der Waals surface area contributed by atoms with Crippen LogP contribution < -0.4 is 21.2 Å². The molecule has 3 heteroatoms. The molecule has 0 bridgehead atoms. The summed E-state index contributed by atoms with van der Waals surface area (Å²) in [4.78, 5) is 0. The Hall–Kier alpha value is -0.970. The summed E-state index contributed by atoms with van der Waals surface area (Å²) < 4.78 is 32.1. The number of unbranched alkanes of at least 4 members (excludes halogenated alkanes) is 18. The summed E-state index contributed by atoms with van der Waals surface area (Å²) in [6.45, 7) is 4.52. The van der Waals surface area contributed by atoms with E-state index < -0.39 is 21.2 Å². The summed E-state index contributed by atoms with van der Waals surface area (Å²) in [5.74, 6) is -0.165. The summed E-state index contributed by atoms with van der Waals surface area (Å²) in [5, 5.41) is 0. The Morgan fingerprint density at radius 3 is 1.08 bits per heavy atom. The Kier molecular flexibility index (Phi) is 19.9. The van der Waals surface area contributed by atoms with Crippen molar-refractivity contribution < 1.29 is 30.0 Å². The van der Waals surface area contributed by atoms with E-state index in [1.54, 1.807) is 0 Å². The van der Waals surface area contributed by atoms with E-state index in [9.17, 15) is 0 Å². The fraction of sp³-hybridized carbons (Fsp3) is 0.667. The molecule has 2 aromatic carbocycles. The van der Waals surface area contributed by atoms with Gasteiger partial charge < -0.3 is 0 Å². The van der Waals surface area contributed by atoms with Crippen LogP contribution in [-0.4, -0.2) is 0 Å². The third-order valence-electron chi connectivity index (χ3n) is 7.87. The first kappa shape index (κ1) is 34.2. The number of halogens is 3. The van der Waals surface area contributed by atoms with Crippen LogP contribution in [0.25, 0.3) is 0 Å². The van der Waals surface area contributed by atoms with Crippen LogP contribution in [0.3, 0.4) is 0 Å². The quantitative estimate of drug-likeness (QED) is 0.0784. The minimum atomic E-state index is -0.868. The maximum absolute atomic E-state index is 15.3. The largest absolute Gasteiger partial charge is 0.364 e. The predicted octanol–water partition coefficient (Wildman–Crippen LogP) is 9.02. The Labute approximate surface area is 250 Å². The van der Waals surface area contributed by atoms with Gasteiger partial charge in [0.15, 0.2) is 11.6 Å². The van der Waals surface area contributed by atoms with Crippen LogP contribution >= 0.6 is 0 Å². The first-order chi connectivity index (χ1) is 19.2. The highest BCUT2D eigenvalue weighted by atomic mass is 127. The molecular weight excluding hydrogens is 597 g/mol. The topological polar surface area (TPSA) is 0 Å². The van der Waals surface area contributed by atoms with Gasteiger partial charge in [-0.2, -0.15) is 0 Å². The van der Waals surface area contributed by atoms with Crippen molar-refractivity contribution in [1.29, 1.82) is 0 Å². The molecule has 0 aromatic heterocycles. The zero-order valence-electron chi connectivity index (χ0n) is 25.2. The second-order valence-corrected chi connectivity index (χ2v) is 14.2. The van der Waals surface area contributed by atoms with Gasteiger partial charge in [0, 0.05) is 0 Å². The Balaban J connectivity index is 1.71. The lowest BCUT2D eigenvalue weighted by Crippen LogP contribution is -3.62. The smallest absolute Gasteiger partial charge is 0.202 e. The van der Waals surface area contributed by atoms with E-state index in [2.05, 4.69) is 13.8 Å². The molecule has 0 heterocycles. The third kappa shape index (κ3) is 15.0. The van der Waals surface area contributed by atoms with E-state index in [1.165, 1.54) is 116 Å². The Bertz CT molecular complexity index is 807. The molecular formula is C36H56F2I+. The fourth-order valence-corrected chi connectivity index (χ4v) is 7.91. The second-order valence-electron chi connectivity index (χ2n) is 11.4. The van der Waals surface area contributed by atoms with Crippen molar-refractivity contribution in [2.45, 2.75) is 155 Å². The van der Waals surface area contributed by atoms with Crippen molar-refractivity contribution in [3.63, 3.8) is 0 Å². The van der Waals surface area contributed by atoms with Crippen molar-refractivity contribution >= 4 is 0 Å². The number of benzene rings is 2. The molecule has 2 aromatic rings. The van der Waals surface area contributed by atoms with Gasteiger partial charge in [0.2, 0.25) is 7.14 Å². The van der Waals surface area contributed by atoms with Crippen LogP contribution in [0.5, 0.6) is 0 Å². The van der Waals surface area contributed by atoms with Crippen LogP contribution in [0.2, 0.25) is 0 Å². The highest BCUT2D eigenvalue weighted by Crippen LogP contribution is 2.16. The maximum Gasteiger partial charge on any atom is 0.364 e. The molecule has 0 radical (unpaired) electrons. The molecule has 2 rings (SSSR count). The van der Waals surface area contributed by atoms with Crippen molar-refractivity contribution in [3.05, 3.63) is 66.3 Å². The zero-order chi connectivity index (χ0) is 28.0. The molecule has 0 aliphatic heterocycles. The van der Waals surface area contributed by atoms with Gasteiger partial charge in [-0.1, -0.05) is 154 Å². The molecule has 0 aliphatic carbocycles. The van der Waals surface area contributed by atoms with Gasteiger partial charge in [0.05, 0.1) is 0 Å². The van der Waals surface area contributed by atoms with Crippen LogP contribution in [0.15, 0.2) is 36.4 Å². The molecule has 0 aliphatic rings. The number of aryl methyl sites for hydroxylation is 2. The van der Waals surface area contributed by atoms with Crippen LogP contribution in [0, 0.1) is 18.8 Å². The van der Waals surface area contributed by atoms with E-state index in [0.29, 0.717) is 0 Å². The predicted molar refractivity (Wildman–Crippen MR) is 161 cm³/mol. The fourth-order valence-electron chi connectivity index (χ4n) is 5.34. The lowest BCUT2D eigenvalue weighted by Gasteiger charge is -2.05. The third-order valence-corrected chi connectivity index (χ3v) is 10.7. The van der Waals surface area contributed by atoms with Gasteiger partial charge in [-0.3, -0.25) is 0 Å². The Morgan fingerprint density at radius 1 is 0.436 bits per heavy atom. The average molecular weight is 654 g/mol. The molecule has 0 amide bonds. The Morgan fingerprint density at radius 2 is 0.744 bits per heavy atom. The molecule has 0 unspecified atom stereocenters. The minimum absolute atomic E-state index is 0.0827. The first-order valence-electron chi connectivity index (χ1n) is 16.4. The van der Waals surface area contributed by atoms with Crippen molar-refractivity contribution in [3.8, 4) is 0 Å². The van der Waals surface area contributed by atoms with E-state index >= 15 is 8.78 Å². The second kappa shape index (κ2) is 22.7. The molecule has 0 spiro atoms. The van der Waals surface area contributed by atoms with Crippen LogP contribution in [-0.2, 0) is 12.8 Å². The zero-order valence-corrected chi connectivity index (χ0v) is 27.3. The van der Waals surface area contributed by atoms with E-state index in [-0.39, 0.29) is 11.6 Å². The summed E-state index contributed by atoms with van der Waals surface area (Å²) in [7, 11) is 0. The lowest BCUT2D eigenvalue weighted by atomic mass is 10.0. The summed E-state index contributed by atoms with van der Waals surface area (Å²) in [6.07, 6.45) is 27.3. The van der Waals surface area contributed by atoms with Crippen molar-refractivity contribution in [2.75, 3.05) is 0 Å². The average Bonchev–Trinajstić information content (AvgIpc) is 2.94. The van der Waals surface area contributed by atoms with E-state index in [0.717, 1.165) is 44.0 Å². The van der Waals surface area contributed by atoms with Crippen LogP contribution in [0.4, 0.5) is 8.78 Å². The first-order valence-corrected chi connectivity index (χ1v) is 18.5. The highest BCUT2D eigenvalue weighted by Gasteiger charge is 2.27. The SMILES string of the molecule is CCCCCCCCCCCCc1cccc([I+]c2cccc(CCCCCCCCCCCC)c2F)c1F. The van der Waals surface area contributed by atoms with E-state index in [1.807, 2.05) is 36.4 Å². The molecule has 39 heavy (non-hydrogen) atoms. The summed E-state index contributed by atoms with van der Waals surface area (Å²) in [5.41, 5.74) is 1.63. The molecule has 0 saturated carbocycles. The number of hydrogen-bond acceptors (Lipinski definition) is 0. The molecule has 0 N–H and O–H groups in total. The summed E-state index contributed by atoms with van der Waals surface area (Å²) in [6, 6.07) is 11.5. The molecule has 0 fully saturated rings. The standard InChI is InChI=1S/C36H56F2I/c1-3-5-7-9-11-13-15-17-19-21-25-31-27-23-29-33(35(31)37)39-34-30-24-28-32(36(34)38)26-22-20-18-16-14-12-10-8-6-4-2/h23-24,27-30H,3-22,25-26H2,1-2H3/q+1. The summed E-state index contributed by atoms with van der Waals surface area (Å²) >= 11 is -0.868. The minimum Gasteiger partial charge on any atom is -0.202 e. The number of rotatable bonds is 24. The number of hydrogen-bond donors (Lipinski definition) is 0.